The second-order valence-corrected chi connectivity index (χ2v) is 6.06. The van der Waals surface area contributed by atoms with Crippen molar-refractivity contribution in [3.05, 3.63) is 34.9 Å². The summed E-state index contributed by atoms with van der Waals surface area (Å²) in [5, 5.41) is 3.60. The summed E-state index contributed by atoms with van der Waals surface area (Å²) < 4.78 is 0. The summed E-state index contributed by atoms with van der Waals surface area (Å²) in [6.07, 6.45) is 0. The van der Waals surface area contributed by atoms with Crippen molar-refractivity contribution in [3.63, 3.8) is 0 Å². The molecule has 1 unspecified atom stereocenters. The fourth-order valence-electron chi connectivity index (χ4n) is 1.53. The normalized spacial score (nSPS) is 15.0. The largest absolute Gasteiger partial charge is 0.348 e. The minimum absolute atomic E-state index is 0.0804. The third-order valence-electron chi connectivity index (χ3n) is 2.94. The zero-order valence-electron chi connectivity index (χ0n) is 11.3. The summed E-state index contributed by atoms with van der Waals surface area (Å²) in [7, 11) is 0. The van der Waals surface area contributed by atoms with Crippen molar-refractivity contribution in [1.82, 2.24) is 5.32 Å². The van der Waals surface area contributed by atoms with Crippen LogP contribution in [0.15, 0.2) is 24.3 Å². The highest BCUT2D eigenvalue weighted by Crippen LogP contribution is 2.20. The Labute approximate surface area is 114 Å². The van der Waals surface area contributed by atoms with Crippen LogP contribution in [0.3, 0.4) is 0 Å². The third-order valence-corrected chi connectivity index (χ3v) is 3.20. The van der Waals surface area contributed by atoms with E-state index in [0.717, 1.165) is 5.56 Å². The topological polar surface area (TPSA) is 55.1 Å². The molecule has 0 bridgehead atoms. The van der Waals surface area contributed by atoms with Crippen LogP contribution >= 0.6 is 11.6 Å². The number of hydrogen-bond acceptors (Lipinski definition) is 2. The summed E-state index contributed by atoms with van der Waals surface area (Å²) >= 11 is 5.83. The third kappa shape index (κ3) is 4.00. The lowest BCUT2D eigenvalue weighted by molar-refractivity contribution is -0.125. The van der Waals surface area contributed by atoms with Crippen LogP contribution in [0.1, 0.15) is 39.3 Å². The van der Waals surface area contributed by atoms with Gasteiger partial charge in [-0.1, -0.05) is 44.5 Å². The van der Waals surface area contributed by atoms with Crippen molar-refractivity contribution in [2.24, 2.45) is 11.1 Å². The molecule has 0 radical (unpaired) electrons. The molecule has 1 aromatic rings. The van der Waals surface area contributed by atoms with E-state index >= 15 is 0 Å². The van der Waals surface area contributed by atoms with Gasteiger partial charge in [-0.15, -0.1) is 0 Å². The van der Waals surface area contributed by atoms with E-state index in [1.807, 2.05) is 52.0 Å². The maximum atomic E-state index is 12.0. The molecule has 0 saturated heterocycles. The zero-order chi connectivity index (χ0) is 13.9. The summed E-state index contributed by atoms with van der Waals surface area (Å²) in [4.78, 5) is 12.0. The van der Waals surface area contributed by atoms with Crippen LogP contribution in [0.4, 0.5) is 0 Å². The first-order valence-electron chi connectivity index (χ1n) is 6.03. The van der Waals surface area contributed by atoms with Gasteiger partial charge in [0.15, 0.2) is 0 Å². The molecule has 1 amide bonds. The van der Waals surface area contributed by atoms with Crippen LogP contribution in [0.2, 0.25) is 5.02 Å². The molecule has 0 saturated carbocycles. The molecule has 4 heteroatoms. The zero-order valence-corrected chi connectivity index (χ0v) is 12.1. The molecule has 3 nitrogen and oxygen atoms in total. The van der Waals surface area contributed by atoms with Crippen molar-refractivity contribution >= 4 is 17.5 Å². The van der Waals surface area contributed by atoms with Crippen LogP contribution in [0.5, 0.6) is 0 Å². The molecule has 100 valence electrons. The van der Waals surface area contributed by atoms with Gasteiger partial charge >= 0.3 is 0 Å². The molecule has 0 aromatic heterocycles. The SMILES string of the molecule is C[C@@H](NC(=O)C(N)C(C)(C)C)c1ccc(Cl)cc1. The van der Waals surface area contributed by atoms with Crippen LogP contribution in [-0.4, -0.2) is 11.9 Å². The lowest BCUT2D eigenvalue weighted by atomic mass is 9.86. The number of rotatable bonds is 3. The molecule has 18 heavy (non-hydrogen) atoms. The molecule has 0 aliphatic carbocycles. The highest BCUT2D eigenvalue weighted by molar-refractivity contribution is 6.30. The van der Waals surface area contributed by atoms with Gasteiger partial charge in [0.25, 0.3) is 0 Å². The fraction of sp³-hybridized carbons (Fsp3) is 0.500. The number of carbonyl (C=O) groups excluding carboxylic acids is 1. The Morgan fingerprint density at radius 1 is 1.28 bits per heavy atom. The smallest absolute Gasteiger partial charge is 0.237 e. The van der Waals surface area contributed by atoms with Gasteiger partial charge in [-0.2, -0.15) is 0 Å². The first kappa shape index (κ1) is 15.0. The first-order chi connectivity index (χ1) is 8.21. The highest BCUT2D eigenvalue weighted by atomic mass is 35.5. The molecule has 0 fully saturated rings. The van der Waals surface area contributed by atoms with E-state index in [9.17, 15) is 4.79 Å². The van der Waals surface area contributed by atoms with Crippen molar-refractivity contribution in [2.75, 3.05) is 0 Å². The Morgan fingerprint density at radius 2 is 1.78 bits per heavy atom. The number of amides is 1. The van der Waals surface area contributed by atoms with Crippen LogP contribution in [-0.2, 0) is 4.79 Å². The number of benzene rings is 1. The molecular weight excluding hydrogens is 248 g/mol. The summed E-state index contributed by atoms with van der Waals surface area (Å²) in [5.41, 5.74) is 6.67. The Kier molecular flexibility index (Phi) is 4.77. The quantitative estimate of drug-likeness (QED) is 0.886. The maximum Gasteiger partial charge on any atom is 0.237 e. The van der Waals surface area contributed by atoms with E-state index in [1.54, 1.807) is 0 Å². The van der Waals surface area contributed by atoms with Gasteiger partial charge in [0.1, 0.15) is 0 Å². The van der Waals surface area contributed by atoms with Gasteiger partial charge in [0, 0.05) is 5.02 Å². The molecule has 2 atom stereocenters. The van der Waals surface area contributed by atoms with E-state index < -0.39 is 6.04 Å². The van der Waals surface area contributed by atoms with E-state index in [2.05, 4.69) is 5.32 Å². The average molecular weight is 269 g/mol. The van der Waals surface area contributed by atoms with Gasteiger partial charge in [-0.25, -0.2) is 0 Å². The Balaban J connectivity index is 2.68. The summed E-state index contributed by atoms with van der Waals surface area (Å²) in [5.74, 6) is -0.134. The van der Waals surface area contributed by atoms with Crippen molar-refractivity contribution in [2.45, 2.75) is 39.8 Å². The van der Waals surface area contributed by atoms with Crippen LogP contribution in [0, 0.1) is 5.41 Å². The Hall–Kier alpha value is -1.06. The number of carbonyl (C=O) groups is 1. The van der Waals surface area contributed by atoms with Gasteiger partial charge in [0.2, 0.25) is 5.91 Å². The first-order valence-corrected chi connectivity index (χ1v) is 6.41. The molecule has 0 aliphatic heterocycles. The molecule has 0 heterocycles. The van der Waals surface area contributed by atoms with E-state index in [0.29, 0.717) is 5.02 Å². The van der Waals surface area contributed by atoms with E-state index in [1.165, 1.54) is 0 Å². The molecule has 1 rings (SSSR count). The minimum atomic E-state index is -0.521. The lowest BCUT2D eigenvalue weighted by Gasteiger charge is -2.27. The van der Waals surface area contributed by atoms with Gasteiger partial charge < -0.3 is 11.1 Å². The molecule has 3 N–H and O–H groups in total. The summed E-state index contributed by atoms with van der Waals surface area (Å²) in [6.45, 7) is 7.77. The van der Waals surface area contributed by atoms with Crippen molar-refractivity contribution in [3.8, 4) is 0 Å². The van der Waals surface area contributed by atoms with Crippen LogP contribution in [0.25, 0.3) is 0 Å². The number of hydrogen-bond donors (Lipinski definition) is 2. The molecular formula is C14H21ClN2O. The van der Waals surface area contributed by atoms with E-state index in [-0.39, 0.29) is 17.4 Å². The van der Waals surface area contributed by atoms with Crippen LogP contribution < -0.4 is 11.1 Å². The van der Waals surface area contributed by atoms with Gasteiger partial charge in [0.05, 0.1) is 12.1 Å². The second-order valence-electron chi connectivity index (χ2n) is 5.63. The Bertz CT molecular complexity index is 409. The second kappa shape index (κ2) is 5.72. The standard InChI is InChI=1S/C14H21ClN2O/c1-9(10-5-7-11(15)8-6-10)17-13(18)12(16)14(2,3)4/h5-9,12H,16H2,1-4H3,(H,17,18)/t9-,12?/m1/s1. The van der Waals surface area contributed by atoms with Gasteiger partial charge in [-0.05, 0) is 30.0 Å². The van der Waals surface area contributed by atoms with Crippen molar-refractivity contribution < 1.29 is 4.79 Å². The molecule has 0 spiro atoms. The number of halogens is 1. The predicted molar refractivity (Wildman–Crippen MR) is 75.4 cm³/mol. The number of nitrogens with one attached hydrogen (secondary N) is 1. The Morgan fingerprint density at radius 3 is 2.22 bits per heavy atom. The average Bonchev–Trinajstić information content (AvgIpc) is 2.27. The predicted octanol–water partition coefficient (Wildman–Crippen LogP) is 2.89. The van der Waals surface area contributed by atoms with E-state index in [4.69, 9.17) is 17.3 Å². The number of nitrogens with two attached hydrogens (primary N) is 1. The minimum Gasteiger partial charge on any atom is -0.348 e. The molecule has 0 aliphatic rings. The molecule has 1 aromatic carbocycles. The van der Waals surface area contributed by atoms with Crippen molar-refractivity contribution in [1.29, 1.82) is 0 Å². The summed E-state index contributed by atoms with van der Waals surface area (Å²) in [6, 6.07) is 6.81. The lowest BCUT2D eigenvalue weighted by Crippen LogP contribution is -2.49. The monoisotopic (exact) mass is 268 g/mol. The fourth-order valence-corrected chi connectivity index (χ4v) is 1.66. The van der Waals surface area contributed by atoms with Gasteiger partial charge in [-0.3, -0.25) is 4.79 Å². The maximum absolute atomic E-state index is 12.0. The highest BCUT2D eigenvalue weighted by Gasteiger charge is 2.28.